The molecule has 0 amide bonds. The normalized spacial score (nSPS) is 13.9. The Hall–Kier alpha value is -1.51. The fourth-order valence-corrected chi connectivity index (χ4v) is 1.73. The molecule has 0 aliphatic heterocycles. The Morgan fingerprint density at radius 3 is 2.50 bits per heavy atom. The first-order valence-electron chi connectivity index (χ1n) is 4.81. The molecule has 0 saturated carbocycles. The second kappa shape index (κ2) is 5.89. The van der Waals surface area contributed by atoms with E-state index in [2.05, 4.69) is 15.9 Å². The maximum absolute atomic E-state index is 10.7. The molecular weight excluding hydrogens is 310 g/mol. The summed E-state index contributed by atoms with van der Waals surface area (Å²) in [6, 6.07) is 1.80. The van der Waals surface area contributed by atoms with Crippen LogP contribution in [0.5, 0.6) is 5.75 Å². The van der Waals surface area contributed by atoms with Crippen molar-refractivity contribution in [3.8, 4) is 5.75 Å². The van der Waals surface area contributed by atoms with Crippen molar-refractivity contribution in [3.63, 3.8) is 0 Å². The molecule has 3 N–H and O–H groups in total. The molecule has 7 nitrogen and oxygen atoms in total. The number of hydrogen-bond donors (Lipinski definition) is 3. The molecule has 0 aromatic heterocycles. The fraction of sp³-hybridized carbons (Fsp3) is 0.300. The van der Waals surface area contributed by atoms with Crippen LogP contribution in [-0.2, 0) is 0 Å². The Morgan fingerprint density at radius 1 is 1.44 bits per heavy atom. The van der Waals surface area contributed by atoms with E-state index in [1.807, 2.05) is 0 Å². The molecule has 8 heteroatoms. The number of carbonyl (C=O) groups excluding carboxylic acids is 1. The average Bonchev–Trinajstić information content (AvgIpc) is 2.36. The van der Waals surface area contributed by atoms with Crippen LogP contribution in [0.15, 0.2) is 12.1 Å². The summed E-state index contributed by atoms with van der Waals surface area (Å²) in [6.45, 7) is 0. The zero-order valence-corrected chi connectivity index (χ0v) is 10.6. The highest BCUT2D eigenvalue weighted by Crippen LogP contribution is 2.33. The molecule has 2 unspecified atom stereocenters. The zero-order valence-electron chi connectivity index (χ0n) is 8.99. The van der Waals surface area contributed by atoms with Gasteiger partial charge in [-0.15, -0.1) is 0 Å². The summed E-state index contributed by atoms with van der Waals surface area (Å²) in [5, 5.41) is 39.5. The van der Waals surface area contributed by atoms with Crippen molar-refractivity contribution in [1.82, 2.24) is 0 Å². The fourth-order valence-electron chi connectivity index (χ4n) is 1.38. The SMILES string of the molecule is O=Cc1cc([N+](=O)[O-])cc(C(O)C(O)CBr)c1O. The first-order valence-corrected chi connectivity index (χ1v) is 5.93. The standard InChI is InChI=1S/C10H10BrNO6/c11-3-8(14)10(16)7-2-6(12(17)18)1-5(4-13)9(7)15/h1-2,4,8,10,14-16H,3H2. The number of phenolic OH excluding ortho intramolecular Hbond substituents is 1. The van der Waals surface area contributed by atoms with Crippen LogP contribution in [0, 0.1) is 10.1 Å². The van der Waals surface area contributed by atoms with Gasteiger partial charge in [0.1, 0.15) is 11.9 Å². The Labute approximate surface area is 110 Å². The molecular formula is C10H10BrNO6. The van der Waals surface area contributed by atoms with E-state index < -0.39 is 28.6 Å². The topological polar surface area (TPSA) is 121 Å². The van der Waals surface area contributed by atoms with Gasteiger partial charge in [-0.1, -0.05) is 15.9 Å². The van der Waals surface area contributed by atoms with E-state index in [4.69, 9.17) is 0 Å². The van der Waals surface area contributed by atoms with Crippen LogP contribution in [-0.4, -0.2) is 38.0 Å². The minimum absolute atomic E-state index is 0.00667. The van der Waals surface area contributed by atoms with E-state index in [0.717, 1.165) is 12.1 Å². The minimum atomic E-state index is -1.54. The number of nitro groups is 1. The van der Waals surface area contributed by atoms with Gasteiger partial charge in [0.2, 0.25) is 0 Å². The van der Waals surface area contributed by atoms with Crippen LogP contribution < -0.4 is 0 Å². The molecule has 0 spiro atoms. The minimum Gasteiger partial charge on any atom is -0.507 e. The van der Waals surface area contributed by atoms with E-state index in [1.54, 1.807) is 0 Å². The lowest BCUT2D eigenvalue weighted by Gasteiger charge is -2.17. The largest absolute Gasteiger partial charge is 0.507 e. The lowest BCUT2D eigenvalue weighted by Crippen LogP contribution is -2.20. The van der Waals surface area contributed by atoms with Crippen LogP contribution >= 0.6 is 15.9 Å². The number of rotatable bonds is 5. The van der Waals surface area contributed by atoms with E-state index in [-0.39, 0.29) is 22.7 Å². The molecule has 1 rings (SSSR count). The van der Waals surface area contributed by atoms with Gasteiger partial charge in [0.15, 0.2) is 6.29 Å². The Morgan fingerprint density at radius 2 is 2.06 bits per heavy atom. The second-order valence-electron chi connectivity index (χ2n) is 3.51. The van der Waals surface area contributed by atoms with Gasteiger partial charge in [-0.05, 0) is 0 Å². The lowest BCUT2D eigenvalue weighted by molar-refractivity contribution is -0.385. The second-order valence-corrected chi connectivity index (χ2v) is 4.16. The highest BCUT2D eigenvalue weighted by atomic mass is 79.9. The summed E-state index contributed by atoms with van der Waals surface area (Å²) in [7, 11) is 0. The lowest BCUT2D eigenvalue weighted by atomic mass is 10.0. The smallest absolute Gasteiger partial charge is 0.270 e. The van der Waals surface area contributed by atoms with Gasteiger partial charge in [-0.3, -0.25) is 14.9 Å². The predicted molar refractivity (Wildman–Crippen MR) is 64.9 cm³/mol. The van der Waals surface area contributed by atoms with Crippen molar-refractivity contribution >= 4 is 27.9 Å². The van der Waals surface area contributed by atoms with E-state index in [9.17, 15) is 30.2 Å². The molecule has 0 heterocycles. The molecule has 0 aliphatic carbocycles. The Kier molecular flexibility index (Phi) is 4.76. The Bertz CT molecular complexity index is 478. The van der Waals surface area contributed by atoms with Crippen molar-refractivity contribution in [3.05, 3.63) is 33.4 Å². The van der Waals surface area contributed by atoms with Gasteiger partial charge < -0.3 is 15.3 Å². The van der Waals surface area contributed by atoms with Gasteiger partial charge in [0.25, 0.3) is 5.69 Å². The van der Waals surface area contributed by atoms with Gasteiger partial charge in [0.05, 0.1) is 16.6 Å². The van der Waals surface area contributed by atoms with Crippen molar-refractivity contribution in [1.29, 1.82) is 0 Å². The van der Waals surface area contributed by atoms with E-state index in [0.29, 0.717) is 0 Å². The molecule has 2 atom stereocenters. The maximum Gasteiger partial charge on any atom is 0.270 e. The number of hydrogen-bond acceptors (Lipinski definition) is 6. The number of aromatic hydroxyl groups is 1. The molecule has 1 aromatic rings. The molecule has 0 radical (unpaired) electrons. The summed E-state index contributed by atoms with van der Waals surface area (Å²) in [5.41, 5.74) is -1.04. The number of nitro benzene ring substituents is 1. The number of non-ortho nitro benzene ring substituents is 1. The number of alkyl halides is 1. The molecule has 1 aromatic carbocycles. The summed E-state index contributed by atoms with van der Waals surface area (Å²) in [4.78, 5) is 20.6. The highest BCUT2D eigenvalue weighted by molar-refractivity contribution is 9.09. The molecule has 0 bridgehead atoms. The summed E-state index contributed by atoms with van der Waals surface area (Å²) < 4.78 is 0. The quantitative estimate of drug-likeness (QED) is 0.321. The van der Waals surface area contributed by atoms with Crippen LogP contribution in [0.25, 0.3) is 0 Å². The summed E-state index contributed by atoms with van der Waals surface area (Å²) in [5.74, 6) is -0.580. The molecule has 0 saturated heterocycles. The number of aliphatic hydroxyl groups is 2. The molecule has 18 heavy (non-hydrogen) atoms. The van der Waals surface area contributed by atoms with Gasteiger partial charge in [-0.25, -0.2) is 0 Å². The third-order valence-corrected chi connectivity index (χ3v) is 3.00. The predicted octanol–water partition coefficient (Wildman–Crippen LogP) is 0.902. The first kappa shape index (κ1) is 14.6. The number of aliphatic hydroxyl groups excluding tert-OH is 2. The third-order valence-electron chi connectivity index (χ3n) is 2.33. The maximum atomic E-state index is 10.7. The average molecular weight is 320 g/mol. The number of nitrogens with zero attached hydrogens (tertiary/aromatic N) is 1. The van der Waals surface area contributed by atoms with Crippen molar-refractivity contribution < 1.29 is 25.0 Å². The van der Waals surface area contributed by atoms with E-state index >= 15 is 0 Å². The van der Waals surface area contributed by atoms with Gasteiger partial charge >= 0.3 is 0 Å². The van der Waals surface area contributed by atoms with Crippen molar-refractivity contribution in [2.45, 2.75) is 12.2 Å². The highest BCUT2D eigenvalue weighted by Gasteiger charge is 2.25. The first-order chi connectivity index (χ1) is 8.42. The summed E-state index contributed by atoms with van der Waals surface area (Å²) in [6.07, 6.45) is -2.57. The summed E-state index contributed by atoms with van der Waals surface area (Å²) >= 11 is 2.93. The van der Waals surface area contributed by atoms with Crippen LogP contribution in [0.3, 0.4) is 0 Å². The molecule has 0 fully saturated rings. The van der Waals surface area contributed by atoms with Crippen LogP contribution in [0.4, 0.5) is 5.69 Å². The number of aldehydes is 1. The number of carbonyl (C=O) groups is 1. The zero-order chi connectivity index (χ0) is 13.9. The van der Waals surface area contributed by atoms with Crippen LogP contribution in [0.1, 0.15) is 22.0 Å². The Balaban J connectivity index is 3.37. The van der Waals surface area contributed by atoms with Gasteiger partial charge in [0, 0.05) is 23.0 Å². The monoisotopic (exact) mass is 319 g/mol. The molecule has 98 valence electrons. The number of phenols is 1. The van der Waals surface area contributed by atoms with Crippen molar-refractivity contribution in [2.24, 2.45) is 0 Å². The van der Waals surface area contributed by atoms with Gasteiger partial charge in [-0.2, -0.15) is 0 Å². The third kappa shape index (κ3) is 2.84. The van der Waals surface area contributed by atoms with Crippen molar-refractivity contribution in [2.75, 3.05) is 5.33 Å². The molecule has 0 aliphatic rings. The number of benzene rings is 1. The van der Waals surface area contributed by atoms with Crippen LogP contribution in [0.2, 0.25) is 0 Å². The van der Waals surface area contributed by atoms with E-state index in [1.165, 1.54) is 0 Å². The number of halogens is 1.